The average Bonchev–Trinajstić information content (AvgIpc) is 3.23. The summed E-state index contributed by atoms with van der Waals surface area (Å²) in [7, 11) is 0. The van der Waals surface area contributed by atoms with Crippen LogP contribution in [0.3, 0.4) is 0 Å². The minimum Gasteiger partial charge on any atom is -0.353 e. The summed E-state index contributed by atoms with van der Waals surface area (Å²) in [6.45, 7) is 6.46. The molecule has 2 fully saturated rings. The lowest BCUT2D eigenvalue weighted by atomic mass is 10.0. The van der Waals surface area contributed by atoms with Crippen LogP contribution in [0.1, 0.15) is 46.0 Å². The average molecular weight is 281 g/mol. The number of hydrogen-bond acceptors (Lipinski definition) is 3. The van der Waals surface area contributed by atoms with Crippen LogP contribution in [0.5, 0.6) is 0 Å². The van der Waals surface area contributed by atoms with Crippen molar-refractivity contribution in [2.45, 2.75) is 58.0 Å². The van der Waals surface area contributed by atoms with E-state index in [4.69, 9.17) is 0 Å². The normalized spacial score (nSPS) is 20.2. The maximum atomic E-state index is 12.0. The Morgan fingerprint density at radius 2 is 1.80 bits per heavy atom. The molecule has 20 heavy (non-hydrogen) atoms. The van der Waals surface area contributed by atoms with Crippen LogP contribution in [0.2, 0.25) is 0 Å². The number of carbonyl (C=O) groups excluding carboxylic acids is 2. The summed E-state index contributed by atoms with van der Waals surface area (Å²) in [5.41, 5.74) is 0. The van der Waals surface area contributed by atoms with E-state index >= 15 is 0 Å². The maximum absolute atomic E-state index is 12.0. The molecule has 0 atom stereocenters. The maximum Gasteiger partial charge on any atom is 0.223 e. The van der Waals surface area contributed by atoms with E-state index in [1.165, 1.54) is 0 Å². The van der Waals surface area contributed by atoms with Crippen molar-refractivity contribution in [3.05, 3.63) is 0 Å². The first kappa shape index (κ1) is 15.3. The van der Waals surface area contributed by atoms with Gasteiger partial charge in [0.05, 0.1) is 0 Å². The molecule has 0 radical (unpaired) electrons. The lowest BCUT2D eigenvalue weighted by molar-refractivity contribution is -0.132. The number of nitrogens with one attached hydrogen (secondary N) is 2. The van der Waals surface area contributed by atoms with Crippen molar-refractivity contribution in [3.63, 3.8) is 0 Å². The highest BCUT2D eigenvalue weighted by Gasteiger charge is 2.32. The molecule has 2 amide bonds. The van der Waals surface area contributed by atoms with Crippen LogP contribution < -0.4 is 10.6 Å². The van der Waals surface area contributed by atoms with E-state index in [0.29, 0.717) is 12.5 Å². The number of rotatable bonds is 6. The van der Waals surface area contributed by atoms with Crippen molar-refractivity contribution in [2.75, 3.05) is 19.6 Å². The molecule has 0 aromatic rings. The van der Waals surface area contributed by atoms with Gasteiger partial charge in [0.25, 0.3) is 0 Å². The number of carbonyl (C=O) groups is 2. The molecule has 0 aromatic heterocycles. The quantitative estimate of drug-likeness (QED) is 0.760. The van der Waals surface area contributed by atoms with E-state index in [0.717, 1.165) is 45.3 Å². The van der Waals surface area contributed by atoms with Gasteiger partial charge < -0.3 is 15.5 Å². The summed E-state index contributed by atoms with van der Waals surface area (Å²) in [6, 6.07) is 0.687. The molecule has 0 aromatic carbocycles. The SMILES string of the molecule is CC(C)NCCC(=O)N1CCC(NC(=O)C2CC2)CC1. The van der Waals surface area contributed by atoms with Crippen molar-refractivity contribution in [1.82, 2.24) is 15.5 Å². The molecule has 2 rings (SSSR count). The minimum atomic E-state index is 0.218. The third kappa shape index (κ3) is 4.78. The summed E-state index contributed by atoms with van der Waals surface area (Å²) >= 11 is 0. The van der Waals surface area contributed by atoms with E-state index in [1.54, 1.807) is 0 Å². The number of nitrogens with zero attached hydrogens (tertiary/aromatic N) is 1. The van der Waals surface area contributed by atoms with Crippen LogP contribution in [-0.4, -0.2) is 48.4 Å². The lowest BCUT2D eigenvalue weighted by Gasteiger charge is -2.32. The van der Waals surface area contributed by atoms with Gasteiger partial charge in [-0.3, -0.25) is 9.59 Å². The first-order chi connectivity index (χ1) is 9.56. The molecule has 1 heterocycles. The van der Waals surface area contributed by atoms with Gasteiger partial charge in [0, 0.05) is 44.1 Å². The van der Waals surface area contributed by atoms with Crippen LogP contribution >= 0.6 is 0 Å². The third-order valence-electron chi connectivity index (χ3n) is 4.03. The van der Waals surface area contributed by atoms with Crippen molar-refractivity contribution in [2.24, 2.45) is 5.92 Å². The predicted molar refractivity (Wildman–Crippen MR) is 78.2 cm³/mol. The van der Waals surface area contributed by atoms with Crippen LogP contribution in [0.4, 0.5) is 0 Å². The van der Waals surface area contributed by atoms with Gasteiger partial charge in [-0.2, -0.15) is 0 Å². The lowest BCUT2D eigenvalue weighted by Crippen LogP contribution is -2.47. The largest absolute Gasteiger partial charge is 0.353 e. The number of piperidine rings is 1. The minimum absolute atomic E-state index is 0.218. The van der Waals surface area contributed by atoms with Crippen LogP contribution in [0.15, 0.2) is 0 Å². The van der Waals surface area contributed by atoms with Crippen LogP contribution in [0.25, 0.3) is 0 Å². The zero-order valence-electron chi connectivity index (χ0n) is 12.7. The fourth-order valence-electron chi connectivity index (χ4n) is 2.56. The topological polar surface area (TPSA) is 61.4 Å². The van der Waals surface area contributed by atoms with Gasteiger partial charge in [0.15, 0.2) is 0 Å². The Morgan fingerprint density at radius 3 is 2.35 bits per heavy atom. The van der Waals surface area contributed by atoms with Gasteiger partial charge in [-0.15, -0.1) is 0 Å². The fraction of sp³-hybridized carbons (Fsp3) is 0.867. The molecule has 5 nitrogen and oxygen atoms in total. The molecule has 0 bridgehead atoms. The number of hydrogen-bond donors (Lipinski definition) is 2. The zero-order chi connectivity index (χ0) is 14.5. The van der Waals surface area contributed by atoms with Gasteiger partial charge in [0.1, 0.15) is 0 Å². The summed E-state index contributed by atoms with van der Waals surface area (Å²) in [4.78, 5) is 25.7. The second kappa shape index (κ2) is 7.07. The van der Waals surface area contributed by atoms with Gasteiger partial charge in [-0.05, 0) is 25.7 Å². The molecule has 1 saturated carbocycles. The van der Waals surface area contributed by atoms with E-state index in [2.05, 4.69) is 24.5 Å². The molecule has 2 N–H and O–H groups in total. The molecule has 1 aliphatic heterocycles. The Morgan fingerprint density at radius 1 is 1.15 bits per heavy atom. The molecule has 0 spiro atoms. The molecular weight excluding hydrogens is 254 g/mol. The van der Waals surface area contributed by atoms with E-state index in [9.17, 15) is 9.59 Å². The molecule has 1 saturated heterocycles. The van der Waals surface area contributed by atoms with E-state index < -0.39 is 0 Å². The zero-order valence-corrected chi connectivity index (χ0v) is 12.7. The standard InChI is InChI=1S/C15H27N3O2/c1-11(2)16-8-5-14(19)18-9-6-13(7-10-18)17-15(20)12-3-4-12/h11-13,16H,3-10H2,1-2H3,(H,17,20). The van der Waals surface area contributed by atoms with Crippen molar-refractivity contribution in [3.8, 4) is 0 Å². The molecule has 2 aliphatic rings. The first-order valence-corrected chi connectivity index (χ1v) is 7.88. The Bertz CT molecular complexity index is 345. The number of amides is 2. The van der Waals surface area contributed by atoms with Gasteiger partial charge >= 0.3 is 0 Å². The van der Waals surface area contributed by atoms with Gasteiger partial charge in [0.2, 0.25) is 11.8 Å². The Labute approximate surface area is 121 Å². The Balaban J connectivity index is 1.62. The summed E-state index contributed by atoms with van der Waals surface area (Å²) < 4.78 is 0. The smallest absolute Gasteiger partial charge is 0.223 e. The highest BCUT2D eigenvalue weighted by molar-refractivity contribution is 5.81. The third-order valence-corrected chi connectivity index (χ3v) is 4.03. The molecular formula is C15H27N3O2. The van der Waals surface area contributed by atoms with E-state index in [-0.39, 0.29) is 23.8 Å². The van der Waals surface area contributed by atoms with Crippen molar-refractivity contribution in [1.29, 1.82) is 0 Å². The summed E-state index contributed by atoms with van der Waals surface area (Å²) in [5.74, 6) is 0.720. The van der Waals surface area contributed by atoms with Gasteiger partial charge in [-0.25, -0.2) is 0 Å². The monoisotopic (exact) mass is 281 g/mol. The molecule has 1 aliphatic carbocycles. The highest BCUT2D eigenvalue weighted by Crippen LogP contribution is 2.29. The first-order valence-electron chi connectivity index (χ1n) is 7.88. The Hall–Kier alpha value is -1.10. The Kier molecular flexibility index (Phi) is 5.40. The van der Waals surface area contributed by atoms with Crippen molar-refractivity contribution >= 4 is 11.8 Å². The van der Waals surface area contributed by atoms with Crippen LogP contribution in [-0.2, 0) is 9.59 Å². The molecule has 114 valence electrons. The second-order valence-electron chi connectivity index (χ2n) is 6.30. The molecule has 0 unspecified atom stereocenters. The molecule has 5 heteroatoms. The highest BCUT2D eigenvalue weighted by atomic mass is 16.2. The van der Waals surface area contributed by atoms with Crippen molar-refractivity contribution < 1.29 is 9.59 Å². The van der Waals surface area contributed by atoms with E-state index in [1.807, 2.05) is 4.90 Å². The van der Waals surface area contributed by atoms with Gasteiger partial charge in [-0.1, -0.05) is 13.8 Å². The number of likely N-dealkylation sites (tertiary alicyclic amines) is 1. The predicted octanol–water partition coefficient (Wildman–Crippen LogP) is 0.892. The van der Waals surface area contributed by atoms with Crippen LogP contribution in [0, 0.1) is 5.92 Å². The summed E-state index contributed by atoms with van der Waals surface area (Å²) in [6.07, 6.45) is 4.44. The second-order valence-corrected chi connectivity index (χ2v) is 6.30. The summed E-state index contributed by atoms with van der Waals surface area (Å²) in [5, 5.41) is 6.37. The fourth-order valence-corrected chi connectivity index (χ4v) is 2.56.